The number of likely N-dealkylation sites (N-methyl/N-ethyl adjacent to an activating group) is 3. The van der Waals surface area contributed by atoms with Crippen LogP contribution in [0.1, 0.15) is 195 Å². The van der Waals surface area contributed by atoms with E-state index in [4.69, 9.17) is 73.7 Å². The van der Waals surface area contributed by atoms with Gasteiger partial charge in [-0.3, -0.25) is 19.6 Å². The molecule has 7 amide bonds. The Hall–Kier alpha value is -11.2. The highest BCUT2D eigenvalue weighted by atomic mass is 127. The average molecular weight is 2240 g/mol. The number of benzene rings is 4. The molecule has 6 unspecified atom stereocenters. The van der Waals surface area contributed by atoms with Crippen molar-refractivity contribution in [2.75, 3.05) is 80.4 Å². The molecule has 3 aliphatic heterocycles. The third-order valence-electron chi connectivity index (χ3n) is 20.5. The van der Waals surface area contributed by atoms with Gasteiger partial charge in [0, 0.05) is 99.5 Å². The van der Waals surface area contributed by atoms with Gasteiger partial charge >= 0.3 is 42.7 Å². The minimum atomic E-state index is -0.818. The van der Waals surface area contributed by atoms with Crippen LogP contribution in [0.15, 0.2) is 227 Å². The third-order valence-corrected chi connectivity index (χ3v) is 22.1. The Kier molecular flexibility index (Phi) is 48.1. The van der Waals surface area contributed by atoms with Crippen molar-refractivity contribution in [1.29, 1.82) is 0 Å². The summed E-state index contributed by atoms with van der Waals surface area (Å²) in [4.78, 5) is 128. The number of nitrogens with one attached hydrogen (secondary N) is 2. The molecule has 0 radical (unpaired) electrons. The molecule has 32 nitrogen and oxygen atoms in total. The molecule has 4 aromatic carbocycles. The quantitative estimate of drug-likeness (QED) is 0.0442. The van der Waals surface area contributed by atoms with Crippen LogP contribution in [-0.4, -0.2) is 205 Å². The van der Waals surface area contributed by atoms with Crippen LogP contribution >= 0.6 is 50.7 Å². The Bertz CT molecular complexity index is 5790. The number of aryl methyl sites for hydroxylation is 3. The lowest BCUT2D eigenvalue weighted by Gasteiger charge is -2.36. The molecule has 12 rings (SSSR count). The van der Waals surface area contributed by atoms with Gasteiger partial charge in [-0.2, -0.15) is 24.9 Å². The number of alkyl carbamates (subject to hydrolysis) is 1. The Morgan fingerprint density at radius 1 is 0.441 bits per heavy atom. The summed E-state index contributed by atoms with van der Waals surface area (Å²) in [6.45, 7) is 48.7. The maximum absolute atomic E-state index is 12.8. The molecular formula is C108H147BrCl3IN16O16. The van der Waals surface area contributed by atoms with Crippen LogP contribution in [0.2, 0.25) is 15.1 Å². The number of anilines is 4. The molecule has 3 aliphatic rings. The first-order valence-corrected chi connectivity index (χ1v) is 49.3. The summed E-state index contributed by atoms with van der Waals surface area (Å²) in [5.41, 5.74) is 9.50. The van der Waals surface area contributed by atoms with Crippen molar-refractivity contribution in [2.45, 2.75) is 241 Å². The molecule has 5 aromatic heterocycles. The first-order valence-electron chi connectivity index (χ1n) is 47.3. The smallest absolute Gasteiger partial charge is 0.424 e. The molecule has 4 N–H and O–H groups in total. The van der Waals surface area contributed by atoms with Crippen LogP contribution in [0.25, 0.3) is 22.3 Å². The van der Waals surface area contributed by atoms with Gasteiger partial charge in [-0.05, 0) is 267 Å². The number of carbonyl (C=O) groups is 7. The number of allylic oxidation sites excluding steroid dienone is 2. The van der Waals surface area contributed by atoms with Gasteiger partial charge in [-0.1, -0.05) is 180 Å². The number of ether oxygens (including phenoxy) is 7. The van der Waals surface area contributed by atoms with Crippen molar-refractivity contribution < 1.29 is 95.3 Å². The number of likely N-dealkylation sites (tertiary alicyclic amines) is 3. The monoisotopic (exact) mass is 2230 g/mol. The zero-order valence-electron chi connectivity index (χ0n) is 88.9. The fourth-order valence-electron chi connectivity index (χ4n) is 14.8. The summed E-state index contributed by atoms with van der Waals surface area (Å²) in [5, 5.41) is 14.4. The van der Waals surface area contributed by atoms with Crippen molar-refractivity contribution in [1.82, 2.24) is 49.5 Å². The summed E-state index contributed by atoms with van der Waals surface area (Å²) < 4.78 is 42.3. The van der Waals surface area contributed by atoms with Crippen molar-refractivity contribution in [2.24, 2.45) is 32.8 Å². The number of hydrogen-bond donors (Lipinski definition) is 3. The van der Waals surface area contributed by atoms with E-state index in [2.05, 4.69) is 151 Å². The van der Waals surface area contributed by atoms with E-state index in [1.807, 2.05) is 113 Å². The van der Waals surface area contributed by atoms with Crippen LogP contribution in [0.4, 0.5) is 56.3 Å². The number of amides is 7. The van der Waals surface area contributed by atoms with E-state index in [0.717, 1.165) is 100 Å². The maximum atomic E-state index is 12.8. The van der Waals surface area contributed by atoms with E-state index < -0.39 is 75.8 Å². The number of aromatic nitrogens is 7. The normalized spacial score (nSPS) is 16.7. The van der Waals surface area contributed by atoms with Gasteiger partial charge in [-0.15, -0.1) is 0 Å². The highest BCUT2D eigenvalue weighted by Crippen LogP contribution is 2.34. The molecule has 9 aromatic rings. The number of pyridine rings is 3. The Morgan fingerprint density at radius 3 is 1.22 bits per heavy atom. The van der Waals surface area contributed by atoms with Crippen molar-refractivity contribution >= 4 is 116 Å². The molecule has 0 bridgehead atoms. The second-order valence-electron chi connectivity index (χ2n) is 42.3. The van der Waals surface area contributed by atoms with Crippen molar-refractivity contribution in [3.63, 3.8) is 0 Å². The third kappa shape index (κ3) is 44.9. The van der Waals surface area contributed by atoms with Crippen LogP contribution in [0.3, 0.4) is 0 Å². The fourth-order valence-corrected chi connectivity index (χ4v) is 15.6. The summed E-state index contributed by atoms with van der Waals surface area (Å²) in [6, 6.07) is 46.3. The zero-order chi connectivity index (χ0) is 108. The lowest BCUT2D eigenvalue weighted by molar-refractivity contribution is -0.670. The molecule has 8 heterocycles. The summed E-state index contributed by atoms with van der Waals surface area (Å²) in [6.07, 6.45) is 14.3. The van der Waals surface area contributed by atoms with Gasteiger partial charge in [0.25, 0.3) is 11.1 Å². The second-order valence-corrected chi connectivity index (χ2v) is 44.4. The number of nitrogens with zero attached hydrogens (tertiary/aromatic N) is 13. The number of halogens is 5. The molecule has 790 valence electrons. The van der Waals surface area contributed by atoms with Crippen molar-refractivity contribution in [3.05, 3.63) is 265 Å². The predicted molar refractivity (Wildman–Crippen MR) is 574 cm³/mol. The minimum absolute atomic E-state index is 0. The molecule has 3 saturated heterocycles. The number of rotatable bonds is 12. The van der Waals surface area contributed by atoms with Crippen molar-refractivity contribution in [3.8, 4) is 22.3 Å². The van der Waals surface area contributed by atoms with Crippen LogP contribution in [0.5, 0.6) is 0 Å². The number of imide groups is 3. The van der Waals surface area contributed by atoms with Gasteiger partial charge < -0.3 is 88.2 Å². The molecule has 3 fully saturated rings. The zero-order valence-corrected chi connectivity index (χ0v) is 94.9. The topological polar surface area (TPSA) is 353 Å². The summed E-state index contributed by atoms with van der Waals surface area (Å²) >= 11 is 20.4. The lowest BCUT2D eigenvalue weighted by atomic mass is 9.88. The Balaban J connectivity index is 0.000000302. The lowest BCUT2D eigenvalue weighted by Crippen LogP contribution is -3.00. The molecule has 145 heavy (non-hydrogen) atoms. The highest BCUT2D eigenvalue weighted by Gasteiger charge is 2.39. The minimum Gasteiger partial charge on any atom is -1.00 e. The average Bonchev–Trinajstić information content (AvgIpc) is 0.812. The van der Waals surface area contributed by atoms with Gasteiger partial charge in [0.1, 0.15) is 62.0 Å². The van der Waals surface area contributed by atoms with Gasteiger partial charge in [0.05, 0.1) is 46.9 Å². The number of nitrogens with two attached hydrogens (primary N) is 1. The van der Waals surface area contributed by atoms with E-state index in [9.17, 15) is 43.2 Å². The van der Waals surface area contributed by atoms with E-state index in [-0.39, 0.29) is 79.7 Å². The van der Waals surface area contributed by atoms with Crippen LogP contribution in [-0.2, 0) is 54.3 Å². The number of hydrogen-bond acceptors (Lipinski definition) is 25. The number of carbonyl (C=O) groups excluding carboxylic acids is 7. The van der Waals surface area contributed by atoms with Gasteiger partial charge in [0.15, 0.2) is 12.4 Å². The summed E-state index contributed by atoms with van der Waals surface area (Å²) in [7, 11) is 11.3. The Labute approximate surface area is 895 Å². The standard InChI is InChI=1S/C22H29N2O4.C21H26N2O4.C17H21ClN4O.C16H28N2O2.C15H21BrN2O4.C12H18N2.C5H4Cl2N2O.HI/c1-21(2,3)27-19(25)24(20(26)28-22(4,5)6)18-13-17(14-23(7)15-18)16-11-9-8-10-12-16;1-20(2,3)26-18(24)23(19(25)27-21(4,5)6)17-12-16(13-22-14-17)15-10-8-7-9-11-15;1-21-10-13(12-6-4-3-5-7-12)8-14(11-21)20-15-9-19-22(2)17(23)16(15)18;1-7-8-12(2)13-9-14(11-18(6)10-13)17-15(19)20-16(3,4)5;1-14(2,3)21-12(19)18(13(20)22-15(4,5)6)11-7-10(16)8-17-9-11;1-14-8-11(7-12(13)9-14)10-5-3-2-4-6-10;1-9-5(10)4(7)3(6)2-8-9;/h8-15H,1-7H3;7-14H,1-6H3;3-7,9,13-14,20H,8,10-11H2,1-2H3;7-8,13-14H,1,9-11H2,2-6H3,(H,17,19);7-9H,1-6H3;2-6,11-12H,7-9,13H2,1H3;2H,1H3;1H/q+1;;;;;;;/p-1/b;;;12-8+;;;;. The first kappa shape index (κ1) is 124. The highest BCUT2D eigenvalue weighted by molar-refractivity contribution is 9.10. The molecule has 0 saturated carbocycles. The maximum Gasteiger partial charge on any atom is 0.424 e. The van der Waals surface area contributed by atoms with E-state index in [1.165, 1.54) is 47.0 Å². The first-order chi connectivity index (χ1) is 66.8. The Morgan fingerprint density at radius 2 is 0.807 bits per heavy atom. The van der Waals surface area contributed by atoms with E-state index in [0.29, 0.717) is 39.6 Å². The van der Waals surface area contributed by atoms with E-state index in [1.54, 1.807) is 179 Å². The van der Waals surface area contributed by atoms with Gasteiger partial charge in [-0.25, -0.2) is 47.5 Å². The molecule has 37 heteroatoms. The molecule has 6 atom stereocenters. The largest absolute Gasteiger partial charge is 1.00 e. The van der Waals surface area contributed by atoms with Crippen LogP contribution < -0.4 is 70.7 Å². The second kappa shape index (κ2) is 56.1. The molecule has 0 aliphatic carbocycles. The predicted octanol–water partition coefficient (Wildman–Crippen LogP) is 19.6. The van der Waals surface area contributed by atoms with Crippen LogP contribution in [0, 0.1) is 5.92 Å². The fraction of sp³-hybridized carbons (Fsp3) is 0.463. The van der Waals surface area contributed by atoms with Gasteiger partial charge in [0.2, 0.25) is 0 Å². The summed E-state index contributed by atoms with van der Waals surface area (Å²) in [5.74, 6) is 1.53. The SMILES string of the molecule is C=C/C=C(\C)C1CC(NC(=O)OC(C)(C)C)CN(C)C1.CC(C)(C)OC(=O)N(C(=O)OC(C)(C)C)c1cncc(-c2ccccc2)c1.CC(C)(C)OC(=O)N(C(=O)OC(C)(C)C)c1cncc(Br)c1.CN1CC(N)CC(c2ccccc2)C1.CN1CC(Nc2cnn(C)c(=O)c2Cl)CC(c2ccccc2)C1.C[n+]1cc(-c2ccccc2)cc(N(C(=O)OC(C)(C)C)C(=O)OC(C)(C)C)c1.Cn1ncc(Cl)c(Cl)c1=O.[I-]. The molecular weight excluding hydrogens is 2090 g/mol. The number of piperidine rings is 3. The van der Waals surface area contributed by atoms with E-state index >= 15 is 0 Å². The molecule has 0 spiro atoms.